The Labute approximate surface area is 149 Å². The summed E-state index contributed by atoms with van der Waals surface area (Å²) in [6.07, 6.45) is 0. The lowest BCUT2D eigenvalue weighted by atomic mass is 10.1. The first kappa shape index (κ1) is 19.0. The molecule has 0 radical (unpaired) electrons. The predicted octanol–water partition coefficient (Wildman–Crippen LogP) is 2.64. The van der Waals surface area contributed by atoms with Crippen molar-refractivity contribution < 1.29 is 9.53 Å². The van der Waals surface area contributed by atoms with Gasteiger partial charge in [0.1, 0.15) is 11.4 Å². The van der Waals surface area contributed by atoms with Crippen LogP contribution in [-0.4, -0.2) is 50.3 Å². The molecule has 2 heterocycles. The molecule has 6 heteroatoms. The topological polar surface area (TPSA) is 66.5 Å². The first-order valence-electron chi connectivity index (χ1n) is 8.59. The summed E-state index contributed by atoms with van der Waals surface area (Å²) in [5.74, 6) is 0.921. The molecule has 0 aliphatic carbocycles. The highest BCUT2D eigenvalue weighted by molar-refractivity contribution is 5.92. The van der Waals surface area contributed by atoms with Crippen LogP contribution in [-0.2, 0) is 9.53 Å². The summed E-state index contributed by atoms with van der Waals surface area (Å²) in [6.45, 7) is 10.1. The van der Waals surface area contributed by atoms with Crippen LogP contribution in [0.15, 0.2) is 30.3 Å². The van der Waals surface area contributed by atoms with Crippen molar-refractivity contribution in [2.45, 2.75) is 26.4 Å². The van der Waals surface area contributed by atoms with Gasteiger partial charge in [-0.05, 0) is 39.0 Å². The Morgan fingerprint density at radius 2 is 1.92 bits per heavy atom. The first-order chi connectivity index (χ1) is 11.9. The van der Waals surface area contributed by atoms with E-state index >= 15 is 0 Å². The van der Waals surface area contributed by atoms with E-state index in [1.807, 2.05) is 33.9 Å². The lowest BCUT2D eigenvalue weighted by Crippen LogP contribution is -2.43. The monoisotopic (exact) mass is 344 g/mol. The summed E-state index contributed by atoms with van der Waals surface area (Å²) in [5, 5.41) is 7.69. The Balaban J connectivity index is 0.000000277. The molecule has 25 heavy (non-hydrogen) atoms. The van der Waals surface area contributed by atoms with Gasteiger partial charge in [-0.15, -0.1) is 0 Å². The van der Waals surface area contributed by atoms with E-state index in [-0.39, 0.29) is 5.60 Å². The van der Waals surface area contributed by atoms with E-state index in [0.29, 0.717) is 6.47 Å². The molecule has 1 aromatic heterocycles. The van der Waals surface area contributed by atoms with Crippen LogP contribution >= 0.6 is 0 Å². The number of hydrogen-bond donors (Lipinski definition) is 2. The van der Waals surface area contributed by atoms with E-state index in [2.05, 4.69) is 44.5 Å². The van der Waals surface area contributed by atoms with Crippen LogP contribution in [0.5, 0.6) is 0 Å². The van der Waals surface area contributed by atoms with Gasteiger partial charge < -0.3 is 20.3 Å². The quantitative estimate of drug-likeness (QED) is 0.835. The van der Waals surface area contributed by atoms with Crippen molar-refractivity contribution in [3.05, 3.63) is 30.3 Å². The van der Waals surface area contributed by atoms with Gasteiger partial charge in [-0.2, -0.15) is 0 Å². The second-order valence-electron chi connectivity index (χ2n) is 6.86. The minimum absolute atomic E-state index is 0.318. The van der Waals surface area contributed by atoms with Gasteiger partial charge in [0.25, 0.3) is 6.47 Å². The molecule has 2 N–H and O–H groups in total. The minimum atomic E-state index is -0.318. The van der Waals surface area contributed by atoms with Gasteiger partial charge in [0.15, 0.2) is 0 Å². The second kappa shape index (κ2) is 8.67. The fourth-order valence-electron chi connectivity index (χ4n) is 2.58. The van der Waals surface area contributed by atoms with Crippen LogP contribution in [0.1, 0.15) is 20.8 Å². The number of benzene rings is 1. The molecule has 0 bridgehead atoms. The Morgan fingerprint density at radius 1 is 1.20 bits per heavy atom. The van der Waals surface area contributed by atoms with Gasteiger partial charge in [-0.3, -0.25) is 4.79 Å². The van der Waals surface area contributed by atoms with Gasteiger partial charge in [0.05, 0.1) is 11.2 Å². The van der Waals surface area contributed by atoms with E-state index in [9.17, 15) is 4.79 Å². The summed E-state index contributed by atoms with van der Waals surface area (Å²) in [7, 11) is 1.90. The highest BCUT2D eigenvalue weighted by atomic mass is 16.5. The zero-order chi connectivity index (χ0) is 18.3. The van der Waals surface area contributed by atoms with Gasteiger partial charge >= 0.3 is 0 Å². The molecule has 0 spiro atoms. The van der Waals surface area contributed by atoms with Crippen LogP contribution in [0.2, 0.25) is 0 Å². The zero-order valence-electron chi connectivity index (χ0n) is 15.5. The Bertz CT molecular complexity index is 691. The molecule has 0 unspecified atom stereocenters. The minimum Gasteiger partial charge on any atom is -0.462 e. The number of nitrogens with zero attached hydrogens (tertiary/aromatic N) is 2. The molecule has 3 rings (SSSR count). The number of aromatic nitrogens is 1. The first-order valence-corrected chi connectivity index (χ1v) is 8.59. The maximum absolute atomic E-state index is 9.60. The molecule has 136 valence electrons. The summed E-state index contributed by atoms with van der Waals surface area (Å²) in [6, 6.07) is 10.5. The summed E-state index contributed by atoms with van der Waals surface area (Å²) in [4.78, 5) is 16.7. The molecule has 2 aromatic rings. The number of ether oxygens (including phenoxy) is 1. The van der Waals surface area contributed by atoms with Crippen molar-refractivity contribution >= 4 is 28.9 Å². The number of pyridine rings is 1. The predicted molar refractivity (Wildman–Crippen MR) is 103 cm³/mol. The molecule has 1 saturated heterocycles. The second-order valence-corrected chi connectivity index (χ2v) is 6.86. The Kier molecular flexibility index (Phi) is 6.58. The summed E-state index contributed by atoms with van der Waals surface area (Å²) >= 11 is 0. The number of rotatable bonds is 3. The van der Waals surface area contributed by atoms with Crippen molar-refractivity contribution in [2.24, 2.45) is 0 Å². The zero-order valence-corrected chi connectivity index (χ0v) is 15.5. The van der Waals surface area contributed by atoms with Crippen molar-refractivity contribution in [3.8, 4) is 0 Å². The Morgan fingerprint density at radius 3 is 2.48 bits per heavy atom. The van der Waals surface area contributed by atoms with Gasteiger partial charge in [-0.1, -0.05) is 12.1 Å². The molecule has 1 aromatic carbocycles. The third-order valence-corrected chi connectivity index (χ3v) is 3.81. The van der Waals surface area contributed by atoms with Crippen molar-refractivity contribution in [2.75, 3.05) is 43.4 Å². The van der Waals surface area contributed by atoms with E-state index in [1.165, 1.54) is 11.1 Å². The molecular formula is C19H28N4O2. The van der Waals surface area contributed by atoms with Crippen LogP contribution < -0.4 is 15.5 Å². The van der Waals surface area contributed by atoms with Crippen LogP contribution in [0, 0.1) is 0 Å². The number of piperazine rings is 1. The SMILES string of the molecule is CC(C)(C)OC=O.CNc1ccc2cccc(N3CCNCC3)c2n1. The number of hydrogen-bond acceptors (Lipinski definition) is 6. The molecule has 0 amide bonds. The fraction of sp³-hybridized carbons (Fsp3) is 0.474. The summed E-state index contributed by atoms with van der Waals surface area (Å²) < 4.78 is 4.55. The van der Waals surface area contributed by atoms with E-state index in [0.717, 1.165) is 37.5 Å². The molecule has 0 saturated carbocycles. The largest absolute Gasteiger partial charge is 0.462 e. The number of carbonyl (C=O) groups is 1. The van der Waals surface area contributed by atoms with E-state index in [1.54, 1.807) is 0 Å². The van der Waals surface area contributed by atoms with Crippen LogP contribution in [0.25, 0.3) is 10.9 Å². The number of anilines is 2. The van der Waals surface area contributed by atoms with E-state index < -0.39 is 0 Å². The average Bonchev–Trinajstić information content (AvgIpc) is 2.61. The maximum atomic E-state index is 9.60. The number of fused-ring (bicyclic) bond motifs is 1. The van der Waals surface area contributed by atoms with Crippen molar-refractivity contribution in [1.82, 2.24) is 10.3 Å². The fourth-order valence-corrected chi connectivity index (χ4v) is 2.58. The standard InChI is InChI=1S/C14H18N4.C5H10O2/c1-15-13-6-5-11-3-2-4-12(14(11)17-13)18-9-7-16-8-10-18;1-5(2,3)7-4-6/h2-6,16H,7-10H2,1H3,(H,15,17);4H,1-3H3. The third-order valence-electron chi connectivity index (χ3n) is 3.81. The molecular weight excluding hydrogens is 316 g/mol. The van der Waals surface area contributed by atoms with Crippen LogP contribution in [0.4, 0.5) is 11.5 Å². The normalized spacial score (nSPS) is 14.5. The molecule has 6 nitrogen and oxygen atoms in total. The number of carbonyl (C=O) groups excluding carboxylic acids is 1. The van der Waals surface area contributed by atoms with Crippen molar-refractivity contribution in [3.63, 3.8) is 0 Å². The van der Waals surface area contributed by atoms with Gasteiger partial charge in [-0.25, -0.2) is 4.98 Å². The highest BCUT2D eigenvalue weighted by Crippen LogP contribution is 2.26. The van der Waals surface area contributed by atoms with Gasteiger partial charge in [0, 0.05) is 38.6 Å². The average molecular weight is 344 g/mol. The third kappa shape index (κ3) is 5.60. The maximum Gasteiger partial charge on any atom is 0.293 e. The smallest absolute Gasteiger partial charge is 0.293 e. The lowest BCUT2D eigenvalue weighted by Gasteiger charge is -2.30. The van der Waals surface area contributed by atoms with E-state index in [4.69, 9.17) is 4.98 Å². The molecule has 0 atom stereocenters. The lowest BCUT2D eigenvalue weighted by molar-refractivity contribution is -0.138. The Hall–Kier alpha value is -2.34. The molecule has 1 aliphatic heterocycles. The highest BCUT2D eigenvalue weighted by Gasteiger charge is 2.14. The van der Waals surface area contributed by atoms with Crippen LogP contribution in [0.3, 0.4) is 0 Å². The molecule has 1 aliphatic rings. The number of para-hydroxylation sites is 1. The van der Waals surface area contributed by atoms with Gasteiger partial charge in [0.2, 0.25) is 0 Å². The summed E-state index contributed by atoms with van der Waals surface area (Å²) in [5.41, 5.74) is 2.01. The molecule has 1 fully saturated rings. The van der Waals surface area contributed by atoms with Crippen molar-refractivity contribution in [1.29, 1.82) is 0 Å². The number of nitrogens with one attached hydrogen (secondary N) is 2.